The summed E-state index contributed by atoms with van der Waals surface area (Å²) in [6.45, 7) is 5.89. The van der Waals surface area contributed by atoms with Gasteiger partial charge in [0.1, 0.15) is 0 Å². The van der Waals surface area contributed by atoms with Gasteiger partial charge in [-0.2, -0.15) is 0 Å². The Morgan fingerprint density at radius 2 is 1.88 bits per heavy atom. The van der Waals surface area contributed by atoms with Gasteiger partial charge in [0, 0.05) is 0 Å². The lowest BCUT2D eigenvalue weighted by Crippen LogP contribution is -2.03. The van der Waals surface area contributed by atoms with Crippen molar-refractivity contribution < 1.29 is 9.47 Å². The molecule has 1 aromatic carbocycles. The third-order valence-corrected chi connectivity index (χ3v) is 2.92. The van der Waals surface area contributed by atoms with Gasteiger partial charge in [-0.25, -0.2) is 0 Å². The molecule has 0 atom stereocenters. The van der Waals surface area contributed by atoms with E-state index in [1.54, 1.807) is 0 Å². The summed E-state index contributed by atoms with van der Waals surface area (Å²) >= 11 is 3.52. The average molecular weight is 302 g/mol. The van der Waals surface area contributed by atoms with E-state index >= 15 is 0 Å². The second-order valence-electron chi connectivity index (χ2n) is 3.66. The summed E-state index contributed by atoms with van der Waals surface area (Å²) in [6, 6.07) is 4.11. The molecule has 0 aliphatic heterocycles. The minimum Gasteiger partial charge on any atom is -0.490 e. The Morgan fingerprint density at radius 1 is 1.18 bits per heavy atom. The van der Waals surface area contributed by atoms with Gasteiger partial charge in [-0.1, -0.05) is 0 Å². The molecule has 0 aliphatic carbocycles. The van der Waals surface area contributed by atoms with Gasteiger partial charge in [-0.3, -0.25) is 0 Å². The van der Waals surface area contributed by atoms with Crippen LogP contribution in [0.25, 0.3) is 0 Å². The van der Waals surface area contributed by atoms with Crippen molar-refractivity contribution in [1.29, 1.82) is 0 Å². The van der Waals surface area contributed by atoms with Crippen LogP contribution >= 0.6 is 15.9 Å². The van der Waals surface area contributed by atoms with E-state index in [2.05, 4.69) is 22.0 Å². The second-order valence-corrected chi connectivity index (χ2v) is 4.52. The van der Waals surface area contributed by atoms with Crippen molar-refractivity contribution in [2.75, 3.05) is 19.8 Å². The van der Waals surface area contributed by atoms with Crippen LogP contribution < -0.4 is 15.2 Å². The predicted octanol–water partition coefficient (Wildman–Crippen LogP) is 3.14. The molecule has 0 heterocycles. The monoisotopic (exact) mass is 301 g/mol. The Hall–Kier alpha value is -0.740. The fourth-order valence-corrected chi connectivity index (χ4v) is 2.22. The minimum absolute atomic E-state index is 0.626. The van der Waals surface area contributed by atoms with Crippen molar-refractivity contribution in [3.05, 3.63) is 22.2 Å². The number of rotatable bonds is 7. The zero-order valence-corrected chi connectivity index (χ0v) is 12.0. The minimum atomic E-state index is 0.626. The van der Waals surface area contributed by atoms with Crippen molar-refractivity contribution in [3.63, 3.8) is 0 Å². The lowest BCUT2D eigenvalue weighted by molar-refractivity contribution is 0.286. The van der Waals surface area contributed by atoms with Crippen LogP contribution in [-0.4, -0.2) is 19.8 Å². The Morgan fingerprint density at radius 3 is 2.47 bits per heavy atom. The van der Waals surface area contributed by atoms with Gasteiger partial charge in [-0.05, 0) is 66.9 Å². The first-order chi connectivity index (χ1) is 8.22. The molecule has 2 N–H and O–H groups in total. The lowest BCUT2D eigenvalue weighted by atomic mass is 10.1. The van der Waals surface area contributed by atoms with Crippen LogP contribution in [0.1, 0.15) is 25.8 Å². The highest BCUT2D eigenvalue weighted by Gasteiger charge is 2.11. The highest BCUT2D eigenvalue weighted by Crippen LogP contribution is 2.37. The third-order valence-electron chi connectivity index (χ3n) is 2.33. The van der Waals surface area contributed by atoms with E-state index in [1.165, 1.54) is 5.56 Å². The molecule has 0 unspecified atom stereocenters. The SMILES string of the molecule is CCOc1cc(CCCN)cc(Br)c1OCC. The zero-order valence-electron chi connectivity index (χ0n) is 10.5. The Labute approximate surface area is 111 Å². The molecule has 1 rings (SSSR count). The van der Waals surface area contributed by atoms with Gasteiger partial charge < -0.3 is 15.2 Å². The third kappa shape index (κ3) is 4.21. The van der Waals surface area contributed by atoms with Crippen molar-refractivity contribution in [2.24, 2.45) is 5.73 Å². The zero-order chi connectivity index (χ0) is 12.7. The molecule has 0 radical (unpaired) electrons. The number of benzene rings is 1. The highest BCUT2D eigenvalue weighted by atomic mass is 79.9. The summed E-state index contributed by atoms with van der Waals surface area (Å²) in [5.74, 6) is 1.58. The van der Waals surface area contributed by atoms with E-state index in [9.17, 15) is 0 Å². The molecule has 0 aromatic heterocycles. The molecule has 4 heteroatoms. The number of nitrogens with two attached hydrogens (primary N) is 1. The maximum atomic E-state index is 5.60. The first kappa shape index (κ1) is 14.3. The van der Waals surface area contributed by atoms with Crippen LogP contribution in [0.4, 0.5) is 0 Å². The van der Waals surface area contributed by atoms with E-state index in [4.69, 9.17) is 15.2 Å². The van der Waals surface area contributed by atoms with Crippen LogP contribution in [0.5, 0.6) is 11.5 Å². The Kier molecular flexibility index (Phi) is 6.37. The molecule has 0 fully saturated rings. The summed E-state index contributed by atoms with van der Waals surface area (Å²) < 4.78 is 12.1. The largest absolute Gasteiger partial charge is 0.490 e. The Bertz CT molecular complexity index is 356. The molecule has 0 saturated carbocycles. The van der Waals surface area contributed by atoms with Crippen LogP contribution in [0.15, 0.2) is 16.6 Å². The Balaban J connectivity index is 2.97. The van der Waals surface area contributed by atoms with E-state index in [1.807, 2.05) is 19.9 Å². The first-order valence-corrected chi connectivity index (χ1v) is 6.80. The molecule has 3 nitrogen and oxygen atoms in total. The summed E-state index contributed by atoms with van der Waals surface area (Å²) in [7, 11) is 0. The molecule has 17 heavy (non-hydrogen) atoms. The van der Waals surface area contributed by atoms with Gasteiger partial charge >= 0.3 is 0 Å². The molecule has 0 saturated heterocycles. The normalized spacial score (nSPS) is 10.4. The van der Waals surface area contributed by atoms with Crippen LogP contribution in [0, 0.1) is 0 Å². The van der Waals surface area contributed by atoms with E-state index in [0.29, 0.717) is 19.8 Å². The topological polar surface area (TPSA) is 44.5 Å². The van der Waals surface area contributed by atoms with Gasteiger partial charge in [0.2, 0.25) is 0 Å². The summed E-state index contributed by atoms with van der Waals surface area (Å²) in [5, 5.41) is 0. The molecule has 96 valence electrons. The number of aryl methyl sites for hydroxylation is 1. The quantitative estimate of drug-likeness (QED) is 0.841. The van der Waals surface area contributed by atoms with Crippen molar-refractivity contribution in [3.8, 4) is 11.5 Å². The molecular weight excluding hydrogens is 282 g/mol. The number of hydrogen-bond acceptors (Lipinski definition) is 3. The average Bonchev–Trinajstić information content (AvgIpc) is 2.31. The van der Waals surface area contributed by atoms with Gasteiger partial charge in [0.25, 0.3) is 0 Å². The molecular formula is C13H20BrNO2. The standard InChI is InChI=1S/C13H20BrNO2/c1-3-16-12-9-10(6-5-7-15)8-11(14)13(12)17-4-2/h8-9H,3-7,15H2,1-2H3. The number of hydrogen-bond donors (Lipinski definition) is 1. The van der Waals surface area contributed by atoms with Crippen LogP contribution in [-0.2, 0) is 6.42 Å². The van der Waals surface area contributed by atoms with Gasteiger partial charge in [-0.15, -0.1) is 0 Å². The molecule has 0 spiro atoms. The fourth-order valence-electron chi connectivity index (χ4n) is 1.62. The first-order valence-electron chi connectivity index (χ1n) is 6.01. The summed E-state index contributed by atoms with van der Waals surface area (Å²) in [5.41, 5.74) is 6.74. The molecule has 0 bridgehead atoms. The van der Waals surface area contributed by atoms with Crippen molar-refractivity contribution >= 4 is 15.9 Å². The molecule has 0 amide bonds. The maximum Gasteiger partial charge on any atom is 0.175 e. The van der Waals surface area contributed by atoms with E-state index in [0.717, 1.165) is 28.8 Å². The summed E-state index contributed by atoms with van der Waals surface area (Å²) in [4.78, 5) is 0. The van der Waals surface area contributed by atoms with Crippen molar-refractivity contribution in [1.82, 2.24) is 0 Å². The maximum absolute atomic E-state index is 5.60. The van der Waals surface area contributed by atoms with Crippen LogP contribution in [0.3, 0.4) is 0 Å². The predicted molar refractivity (Wildman–Crippen MR) is 73.9 cm³/mol. The van der Waals surface area contributed by atoms with E-state index in [-0.39, 0.29) is 0 Å². The molecule has 0 aliphatic rings. The fraction of sp³-hybridized carbons (Fsp3) is 0.538. The van der Waals surface area contributed by atoms with Gasteiger partial charge in [0.05, 0.1) is 17.7 Å². The number of ether oxygens (including phenoxy) is 2. The van der Waals surface area contributed by atoms with E-state index < -0.39 is 0 Å². The van der Waals surface area contributed by atoms with Crippen LogP contribution in [0.2, 0.25) is 0 Å². The highest BCUT2D eigenvalue weighted by molar-refractivity contribution is 9.10. The second kappa shape index (κ2) is 7.56. The smallest absolute Gasteiger partial charge is 0.175 e. The van der Waals surface area contributed by atoms with Crippen molar-refractivity contribution in [2.45, 2.75) is 26.7 Å². The summed E-state index contributed by atoms with van der Waals surface area (Å²) in [6.07, 6.45) is 1.94. The number of halogens is 1. The lowest BCUT2D eigenvalue weighted by Gasteiger charge is -2.14. The van der Waals surface area contributed by atoms with Gasteiger partial charge in [0.15, 0.2) is 11.5 Å². The molecule has 1 aromatic rings.